The summed E-state index contributed by atoms with van der Waals surface area (Å²) in [6, 6.07) is 12.1. The second kappa shape index (κ2) is 6.28. The maximum absolute atomic E-state index is 13.2. The molecule has 1 atom stereocenters. The van der Waals surface area contributed by atoms with Gasteiger partial charge in [0.25, 0.3) is 0 Å². The molecular weight excluding hydrogens is 257 g/mol. The highest BCUT2D eigenvalue weighted by molar-refractivity contribution is 5.54. The van der Waals surface area contributed by atoms with Crippen LogP contribution in [-0.2, 0) is 0 Å². The zero-order chi connectivity index (χ0) is 14.5. The minimum absolute atomic E-state index is 0.0255. The molecule has 0 aromatic heterocycles. The van der Waals surface area contributed by atoms with Gasteiger partial charge in [-0.05, 0) is 24.6 Å². The lowest BCUT2D eigenvalue weighted by Gasteiger charge is -2.17. The van der Waals surface area contributed by atoms with E-state index in [2.05, 4.69) is 5.32 Å². The number of methoxy groups -OCH3 is 2. The number of anilines is 1. The first-order chi connectivity index (χ1) is 9.62. The first-order valence-corrected chi connectivity index (χ1v) is 6.37. The Morgan fingerprint density at radius 3 is 2.20 bits per heavy atom. The van der Waals surface area contributed by atoms with Gasteiger partial charge in [0.1, 0.15) is 17.3 Å². The van der Waals surface area contributed by atoms with E-state index in [-0.39, 0.29) is 11.9 Å². The van der Waals surface area contributed by atoms with E-state index in [1.165, 1.54) is 12.1 Å². The van der Waals surface area contributed by atoms with Crippen LogP contribution in [0.1, 0.15) is 18.5 Å². The summed E-state index contributed by atoms with van der Waals surface area (Å²) in [6.45, 7) is 1.97. The molecule has 2 aromatic carbocycles. The first kappa shape index (κ1) is 14.2. The molecule has 0 amide bonds. The van der Waals surface area contributed by atoms with Crippen molar-refractivity contribution < 1.29 is 13.9 Å². The van der Waals surface area contributed by atoms with Crippen molar-refractivity contribution in [1.29, 1.82) is 0 Å². The first-order valence-electron chi connectivity index (χ1n) is 6.37. The predicted octanol–water partition coefficient (Wildman–Crippen LogP) is 4.02. The van der Waals surface area contributed by atoms with Crippen LogP contribution < -0.4 is 14.8 Å². The van der Waals surface area contributed by atoms with Crippen LogP contribution in [0.15, 0.2) is 42.5 Å². The van der Waals surface area contributed by atoms with Crippen molar-refractivity contribution in [2.45, 2.75) is 13.0 Å². The molecule has 1 N–H and O–H groups in total. The molecule has 0 saturated carbocycles. The standard InChI is InChI=1S/C16H18FNO2/c1-11(12-5-4-6-13(17)7-12)18-14-8-15(19-2)10-16(9-14)20-3/h4-11,18H,1-3H3. The minimum Gasteiger partial charge on any atom is -0.497 e. The summed E-state index contributed by atoms with van der Waals surface area (Å²) < 4.78 is 23.7. The van der Waals surface area contributed by atoms with Crippen molar-refractivity contribution in [1.82, 2.24) is 0 Å². The zero-order valence-corrected chi connectivity index (χ0v) is 11.8. The van der Waals surface area contributed by atoms with E-state index in [1.54, 1.807) is 26.4 Å². The monoisotopic (exact) mass is 275 g/mol. The third kappa shape index (κ3) is 3.41. The maximum Gasteiger partial charge on any atom is 0.124 e. The Morgan fingerprint density at radius 2 is 1.65 bits per heavy atom. The van der Waals surface area contributed by atoms with Gasteiger partial charge in [0.05, 0.1) is 14.2 Å². The Morgan fingerprint density at radius 1 is 1.00 bits per heavy atom. The Kier molecular flexibility index (Phi) is 4.45. The Balaban J connectivity index is 2.20. The molecule has 4 heteroatoms. The summed E-state index contributed by atoms with van der Waals surface area (Å²) in [5.74, 6) is 1.18. The average Bonchev–Trinajstić information content (AvgIpc) is 2.46. The Bertz CT molecular complexity index is 564. The molecule has 2 aromatic rings. The maximum atomic E-state index is 13.2. The number of benzene rings is 2. The molecule has 0 bridgehead atoms. The van der Waals surface area contributed by atoms with E-state index in [9.17, 15) is 4.39 Å². The zero-order valence-electron chi connectivity index (χ0n) is 11.8. The van der Waals surface area contributed by atoms with Crippen LogP contribution in [0.3, 0.4) is 0 Å². The lowest BCUT2D eigenvalue weighted by molar-refractivity contribution is 0.394. The van der Waals surface area contributed by atoms with Gasteiger partial charge in [0.15, 0.2) is 0 Å². The highest BCUT2D eigenvalue weighted by atomic mass is 19.1. The molecular formula is C16H18FNO2. The van der Waals surface area contributed by atoms with E-state index < -0.39 is 0 Å². The molecule has 0 aliphatic rings. The second-order valence-electron chi connectivity index (χ2n) is 4.52. The molecule has 0 saturated heterocycles. The molecule has 0 aliphatic carbocycles. The van der Waals surface area contributed by atoms with Gasteiger partial charge in [-0.3, -0.25) is 0 Å². The molecule has 0 spiro atoms. The number of ether oxygens (including phenoxy) is 2. The average molecular weight is 275 g/mol. The van der Waals surface area contributed by atoms with Crippen molar-refractivity contribution in [3.05, 3.63) is 53.8 Å². The fraction of sp³-hybridized carbons (Fsp3) is 0.250. The number of hydrogen-bond donors (Lipinski definition) is 1. The van der Waals surface area contributed by atoms with Gasteiger partial charge in [0.2, 0.25) is 0 Å². The van der Waals surface area contributed by atoms with E-state index in [1.807, 2.05) is 25.1 Å². The quantitative estimate of drug-likeness (QED) is 0.894. The Hall–Kier alpha value is -2.23. The van der Waals surface area contributed by atoms with Crippen molar-refractivity contribution in [3.63, 3.8) is 0 Å². The molecule has 3 nitrogen and oxygen atoms in total. The van der Waals surface area contributed by atoms with Crippen LogP contribution in [0.4, 0.5) is 10.1 Å². The van der Waals surface area contributed by atoms with Gasteiger partial charge in [-0.25, -0.2) is 4.39 Å². The Labute approximate surface area is 118 Å². The van der Waals surface area contributed by atoms with Crippen LogP contribution in [0.2, 0.25) is 0 Å². The summed E-state index contributed by atoms with van der Waals surface area (Å²) in [4.78, 5) is 0. The van der Waals surface area contributed by atoms with Crippen molar-refractivity contribution in [2.75, 3.05) is 19.5 Å². The van der Waals surface area contributed by atoms with E-state index in [0.29, 0.717) is 11.5 Å². The lowest BCUT2D eigenvalue weighted by atomic mass is 10.1. The molecule has 106 valence electrons. The smallest absolute Gasteiger partial charge is 0.124 e. The van der Waals surface area contributed by atoms with E-state index in [0.717, 1.165) is 11.3 Å². The molecule has 0 radical (unpaired) electrons. The number of nitrogens with one attached hydrogen (secondary N) is 1. The molecule has 2 rings (SSSR count). The molecule has 1 unspecified atom stereocenters. The summed E-state index contributed by atoms with van der Waals surface area (Å²) in [5.41, 5.74) is 1.74. The van der Waals surface area contributed by atoms with Crippen LogP contribution >= 0.6 is 0 Å². The van der Waals surface area contributed by atoms with Gasteiger partial charge >= 0.3 is 0 Å². The van der Waals surface area contributed by atoms with Crippen LogP contribution in [0, 0.1) is 5.82 Å². The number of hydrogen-bond acceptors (Lipinski definition) is 3. The van der Waals surface area contributed by atoms with Crippen LogP contribution in [0.25, 0.3) is 0 Å². The molecule has 0 heterocycles. The molecule has 0 aliphatic heterocycles. The third-order valence-corrected chi connectivity index (χ3v) is 3.08. The lowest BCUT2D eigenvalue weighted by Crippen LogP contribution is -2.07. The predicted molar refractivity (Wildman–Crippen MR) is 78.0 cm³/mol. The fourth-order valence-electron chi connectivity index (χ4n) is 2.00. The van der Waals surface area contributed by atoms with Crippen molar-refractivity contribution >= 4 is 5.69 Å². The SMILES string of the molecule is COc1cc(NC(C)c2cccc(F)c2)cc(OC)c1. The fourth-order valence-corrected chi connectivity index (χ4v) is 2.00. The summed E-state index contributed by atoms with van der Waals surface area (Å²) in [7, 11) is 3.21. The van der Waals surface area contributed by atoms with Crippen LogP contribution in [0.5, 0.6) is 11.5 Å². The topological polar surface area (TPSA) is 30.5 Å². The highest BCUT2D eigenvalue weighted by Crippen LogP contribution is 2.28. The third-order valence-electron chi connectivity index (χ3n) is 3.08. The highest BCUT2D eigenvalue weighted by Gasteiger charge is 2.08. The summed E-state index contributed by atoms with van der Waals surface area (Å²) in [5, 5.41) is 3.31. The van der Waals surface area contributed by atoms with E-state index in [4.69, 9.17) is 9.47 Å². The molecule has 0 fully saturated rings. The van der Waals surface area contributed by atoms with E-state index >= 15 is 0 Å². The number of rotatable bonds is 5. The van der Waals surface area contributed by atoms with Gasteiger partial charge < -0.3 is 14.8 Å². The number of halogens is 1. The summed E-state index contributed by atoms with van der Waals surface area (Å²) >= 11 is 0. The van der Waals surface area contributed by atoms with Gasteiger partial charge in [-0.2, -0.15) is 0 Å². The van der Waals surface area contributed by atoms with Crippen LogP contribution in [-0.4, -0.2) is 14.2 Å². The molecule has 20 heavy (non-hydrogen) atoms. The van der Waals surface area contributed by atoms with Crippen molar-refractivity contribution in [2.24, 2.45) is 0 Å². The van der Waals surface area contributed by atoms with Gasteiger partial charge in [-0.1, -0.05) is 12.1 Å². The minimum atomic E-state index is -0.237. The summed E-state index contributed by atoms with van der Waals surface area (Å²) in [6.07, 6.45) is 0. The normalized spacial score (nSPS) is 11.8. The largest absolute Gasteiger partial charge is 0.497 e. The van der Waals surface area contributed by atoms with Gasteiger partial charge in [0, 0.05) is 29.9 Å². The van der Waals surface area contributed by atoms with Crippen molar-refractivity contribution in [3.8, 4) is 11.5 Å². The second-order valence-corrected chi connectivity index (χ2v) is 4.52. The van der Waals surface area contributed by atoms with Gasteiger partial charge in [-0.15, -0.1) is 0 Å².